The second kappa shape index (κ2) is 6.58. The van der Waals surface area contributed by atoms with Crippen molar-refractivity contribution in [2.75, 3.05) is 0 Å². The first kappa shape index (κ1) is 14.8. The fourth-order valence-electron chi connectivity index (χ4n) is 2.65. The van der Waals surface area contributed by atoms with Crippen LogP contribution in [0.15, 0.2) is 25.3 Å². The van der Waals surface area contributed by atoms with E-state index in [-0.39, 0.29) is 0 Å². The van der Waals surface area contributed by atoms with Gasteiger partial charge in [-0.3, -0.25) is 0 Å². The van der Waals surface area contributed by atoms with E-state index in [1.807, 2.05) is 19.9 Å². The summed E-state index contributed by atoms with van der Waals surface area (Å²) in [5.41, 5.74) is 6.84. The maximum absolute atomic E-state index is 4.22. The highest BCUT2D eigenvalue weighted by atomic mass is 14.2. The van der Waals surface area contributed by atoms with Crippen LogP contribution in [0.1, 0.15) is 68.7 Å². The fourth-order valence-corrected chi connectivity index (χ4v) is 2.65. The molecular weight excluding hydrogens is 216 g/mol. The molecule has 0 aromatic heterocycles. The lowest BCUT2D eigenvalue weighted by atomic mass is 9.81. The second-order valence-electron chi connectivity index (χ2n) is 4.92. The summed E-state index contributed by atoms with van der Waals surface area (Å²) in [6.07, 6.45) is 5.57. The molecule has 1 aliphatic rings. The van der Waals surface area contributed by atoms with E-state index in [2.05, 4.69) is 39.1 Å². The van der Waals surface area contributed by atoms with Gasteiger partial charge in [-0.2, -0.15) is 0 Å². The Hall–Kier alpha value is -1.30. The van der Waals surface area contributed by atoms with E-state index >= 15 is 0 Å². The summed E-state index contributed by atoms with van der Waals surface area (Å²) in [5, 5.41) is 0. The second-order valence-corrected chi connectivity index (χ2v) is 4.92. The zero-order chi connectivity index (χ0) is 13.7. The van der Waals surface area contributed by atoms with Crippen LogP contribution in [-0.2, 0) is 6.42 Å². The molecule has 0 fully saturated rings. The molecule has 0 saturated heterocycles. The van der Waals surface area contributed by atoms with Gasteiger partial charge in [0, 0.05) is 0 Å². The lowest BCUT2D eigenvalue weighted by molar-refractivity contribution is 0.811. The number of rotatable bonds is 2. The van der Waals surface area contributed by atoms with E-state index in [4.69, 9.17) is 0 Å². The number of hydrogen-bond acceptors (Lipinski definition) is 0. The average molecular weight is 242 g/mol. The van der Waals surface area contributed by atoms with Crippen LogP contribution in [0.2, 0.25) is 0 Å². The fraction of sp³-hybridized carbons (Fsp3) is 0.444. The molecular formula is C18H26. The van der Waals surface area contributed by atoms with Gasteiger partial charge < -0.3 is 0 Å². The molecule has 0 bridgehead atoms. The van der Waals surface area contributed by atoms with Crippen LogP contribution in [0.4, 0.5) is 0 Å². The van der Waals surface area contributed by atoms with Crippen LogP contribution < -0.4 is 0 Å². The molecule has 18 heavy (non-hydrogen) atoms. The molecule has 0 saturated carbocycles. The van der Waals surface area contributed by atoms with Crippen LogP contribution >= 0.6 is 0 Å². The summed E-state index contributed by atoms with van der Waals surface area (Å²) in [7, 11) is 0. The Morgan fingerprint density at radius 3 is 2.39 bits per heavy atom. The van der Waals surface area contributed by atoms with Crippen molar-refractivity contribution in [3.63, 3.8) is 0 Å². The highest BCUT2D eigenvalue weighted by Gasteiger charge is 2.18. The third-order valence-corrected chi connectivity index (χ3v) is 3.47. The molecule has 1 aromatic carbocycles. The molecule has 0 atom stereocenters. The molecule has 0 aliphatic heterocycles. The van der Waals surface area contributed by atoms with E-state index in [1.54, 1.807) is 0 Å². The van der Waals surface area contributed by atoms with Crippen molar-refractivity contribution in [2.24, 2.45) is 0 Å². The molecule has 0 N–H and O–H groups in total. The first-order chi connectivity index (χ1) is 8.65. The highest BCUT2D eigenvalue weighted by molar-refractivity contribution is 5.78. The van der Waals surface area contributed by atoms with Crippen LogP contribution in [0, 0.1) is 0 Å². The summed E-state index contributed by atoms with van der Waals surface area (Å²) in [6, 6.07) is 4.54. The molecule has 1 aromatic rings. The number of allylic oxidation sites excluding steroid dienone is 1. The normalized spacial score (nSPS) is 13.7. The Bertz CT molecular complexity index is 436. The lowest BCUT2D eigenvalue weighted by Gasteiger charge is -2.23. The third kappa shape index (κ3) is 2.75. The molecule has 0 radical (unpaired) electrons. The molecule has 0 nitrogen and oxygen atoms in total. The van der Waals surface area contributed by atoms with Gasteiger partial charge in [-0.05, 0) is 53.0 Å². The van der Waals surface area contributed by atoms with Gasteiger partial charge in [-0.25, -0.2) is 0 Å². The molecule has 2 rings (SSSR count). The molecule has 0 unspecified atom stereocenters. The molecule has 0 heterocycles. The van der Waals surface area contributed by atoms with Gasteiger partial charge in [-0.1, -0.05) is 59.1 Å². The molecule has 98 valence electrons. The van der Waals surface area contributed by atoms with Crippen molar-refractivity contribution < 1.29 is 0 Å². The van der Waals surface area contributed by atoms with E-state index < -0.39 is 0 Å². The number of aryl methyl sites for hydroxylation is 1. The van der Waals surface area contributed by atoms with Crippen molar-refractivity contribution in [1.82, 2.24) is 0 Å². The maximum Gasteiger partial charge on any atom is -0.0123 e. The van der Waals surface area contributed by atoms with Crippen molar-refractivity contribution in [2.45, 2.75) is 52.9 Å². The summed E-state index contributed by atoms with van der Waals surface area (Å²) < 4.78 is 0. The average Bonchev–Trinajstić information content (AvgIpc) is 2.40. The van der Waals surface area contributed by atoms with Crippen molar-refractivity contribution in [3.05, 3.63) is 47.5 Å². The predicted octanol–water partition coefficient (Wildman–Crippen LogP) is 5.83. The van der Waals surface area contributed by atoms with Gasteiger partial charge in [0.1, 0.15) is 0 Å². The standard InChI is InChI=1S/C16H20.C2H6/c1-5-14-15(11(2)3)10-9-13-8-6-7-12(4)16(13)14;1-2/h5,9-11H,1,4,6-8H2,2-3H3;1-2H3. The molecule has 0 heteroatoms. The van der Waals surface area contributed by atoms with E-state index in [1.165, 1.54) is 40.7 Å². The summed E-state index contributed by atoms with van der Waals surface area (Å²) >= 11 is 0. The Morgan fingerprint density at radius 2 is 1.83 bits per heavy atom. The zero-order valence-corrected chi connectivity index (χ0v) is 12.3. The predicted molar refractivity (Wildman–Crippen MR) is 83.9 cm³/mol. The Balaban J connectivity index is 0.000000771. The van der Waals surface area contributed by atoms with Crippen LogP contribution in [0.3, 0.4) is 0 Å². The zero-order valence-electron chi connectivity index (χ0n) is 12.3. The number of hydrogen-bond donors (Lipinski definition) is 0. The lowest BCUT2D eigenvalue weighted by Crippen LogP contribution is -2.06. The SMILES string of the molecule is C=Cc1c(C(C)C)ccc2c1C(=C)CCC2.CC. The van der Waals surface area contributed by atoms with Gasteiger partial charge in [0.2, 0.25) is 0 Å². The van der Waals surface area contributed by atoms with Gasteiger partial charge in [-0.15, -0.1) is 0 Å². The third-order valence-electron chi connectivity index (χ3n) is 3.47. The van der Waals surface area contributed by atoms with Crippen LogP contribution in [0.25, 0.3) is 11.6 Å². The van der Waals surface area contributed by atoms with Gasteiger partial charge in [0.25, 0.3) is 0 Å². The monoisotopic (exact) mass is 242 g/mol. The number of fused-ring (bicyclic) bond motifs is 1. The quantitative estimate of drug-likeness (QED) is 0.612. The van der Waals surface area contributed by atoms with Gasteiger partial charge >= 0.3 is 0 Å². The van der Waals surface area contributed by atoms with Crippen molar-refractivity contribution in [3.8, 4) is 0 Å². The van der Waals surface area contributed by atoms with Gasteiger partial charge in [0.05, 0.1) is 0 Å². The smallest absolute Gasteiger partial charge is 0.0123 e. The highest BCUT2D eigenvalue weighted by Crippen LogP contribution is 2.36. The van der Waals surface area contributed by atoms with Gasteiger partial charge in [0.15, 0.2) is 0 Å². The first-order valence-electron chi connectivity index (χ1n) is 7.11. The molecule has 0 spiro atoms. The summed E-state index contributed by atoms with van der Waals surface area (Å²) in [4.78, 5) is 0. The van der Waals surface area contributed by atoms with Crippen LogP contribution in [-0.4, -0.2) is 0 Å². The van der Waals surface area contributed by atoms with E-state index in [0.717, 1.165) is 6.42 Å². The first-order valence-corrected chi connectivity index (χ1v) is 7.11. The Morgan fingerprint density at radius 1 is 1.17 bits per heavy atom. The topological polar surface area (TPSA) is 0 Å². The minimum absolute atomic E-state index is 0.549. The largest absolute Gasteiger partial charge is 0.0984 e. The van der Waals surface area contributed by atoms with E-state index in [0.29, 0.717) is 5.92 Å². The summed E-state index contributed by atoms with van der Waals surface area (Å²) in [6.45, 7) is 16.7. The minimum Gasteiger partial charge on any atom is -0.0984 e. The Labute approximate surface area is 112 Å². The van der Waals surface area contributed by atoms with Crippen molar-refractivity contribution in [1.29, 1.82) is 0 Å². The Kier molecular flexibility index (Phi) is 5.40. The van der Waals surface area contributed by atoms with Crippen molar-refractivity contribution >= 4 is 11.6 Å². The van der Waals surface area contributed by atoms with Crippen LogP contribution in [0.5, 0.6) is 0 Å². The minimum atomic E-state index is 0.549. The number of benzene rings is 1. The summed E-state index contributed by atoms with van der Waals surface area (Å²) in [5.74, 6) is 0.549. The van der Waals surface area contributed by atoms with E-state index in [9.17, 15) is 0 Å². The maximum atomic E-state index is 4.22. The molecule has 1 aliphatic carbocycles. The molecule has 0 amide bonds.